The normalized spacial score (nSPS) is 24.0. The van der Waals surface area contributed by atoms with E-state index in [0.29, 0.717) is 0 Å². The van der Waals surface area contributed by atoms with Gasteiger partial charge in [-0.15, -0.1) is 35.3 Å². The molecule has 1 heterocycles. The lowest BCUT2D eigenvalue weighted by Gasteiger charge is -2.04. The van der Waals surface area contributed by atoms with Gasteiger partial charge in [-0.05, 0) is 0 Å². The van der Waals surface area contributed by atoms with Gasteiger partial charge < -0.3 is 0 Å². The van der Waals surface area contributed by atoms with Gasteiger partial charge in [0.2, 0.25) is 0 Å². The van der Waals surface area contributed by atoms with Gasteiger partial charge in [0.25, 0.3) is 0 Å². The highest BCUT2D eigenvalue weighted by Gasteiger charge is 1.96. The zero-order valence-corrected chi connectivity index (χ0v) is 5.67. The van der Waals surface area contributed by atoms with E-state index >= 15 is 0 Å². The van der Waals surface area contributed by atoms with E-state index in [2.05, 4.69) is 5.08 Å². The topological polar surface area (TPSA) is 0 Å². The van der Waals surface area contributed by atoms with E-state index in [1.54, 1.807) is 0 Å². The summed E-state index contributed by atoms with van der Waals surface area (Å²) in [5.74, 6) is 0. The van der Waals surface area contributed by atoms with Gasteiger partial charge in [0.1, 0.15) is 0 Å². The van der Waals surface area contributed by atoms with Crippen LogP contribution in [0.15, 0.2) is 0 Å². The van der Waals surface area contributed by atoms with Gasteiger partial charge in [-0.25, -0.2) is 0 Å². The fourth-order valence-corrected chi connectivity index (χ4v) is 3.72. The zero-order valence-electron chi connectivity index (χ0n) is 3.22. The van der Waals surface area contributed by atoms with Crippen molar-refractivity contribution in [3.8, 4) is 0 Å². The maximum absolute atomic E-state index is 2.20. The molecule has 0 atom stereocenters. The Morgan fingerprint density at radius 1 is 1.17 bits per heavy atom. The smallest absolute Gasteiger partial charge is 0.0729 e. The van der Waals surface area contributed by atoms with Crippen LogP contribution in [-0.2, 0) is 0 Å². The summed E-state index contributed by atoms with van der Waals surface area (Å²) in [4.78, 5) is 0. The minimum atomic E-state index is 1.26. The Morgan fingerprint density at radius 2 is 1.83 bits per heavy atom. The molecule has 1 rings (SSSR count). The lowest BCUT2D eigenvalue weighted by atomic mass is 11.8. The minimum Gasteiger partial charge on any atom is -0.140 e. The molecule has 6 heavy (non-hydrogen) atoms. The Kier molecular flexibility index (Phi) is 2.69. The molecule has 0 aromatic rings. The van der Waals surface area contributed by atoms with Crippen LogP contribution in [0, 0.1) is 5.08 Å². The van der Waals surface area contributed by atoms with Crippen LogP contribution >= 0.6 is 35.3 Å². The summed E-state index contributed by atoms with van der Waals surface area (Å²) in [6.45, 7) is 0. The van der Waals surface area contributed by atoms with Crippen LogP contribution in [0.5, 0.6) is 0 Å². The molecule has 1 aliphatic heterocycles. The van der Waals surface area contributed by atoms with Gasteiger partial charge in [0, 0.05) is 10.2 Å². The van der Waals surface area contributed by atoms with Crippen molar-refractivity contribution < 1.29 is 0 Å². The summed E-state index contributed by atoms with van der Waals surface area (Å²) in [7, 11) is 0. The predicted molar refractivity (Wildman–Crippen MR) is 36.8 cm³/mol. The van der Waals surface area contributed by atoms with Gasteiger partial charge >= 0.3 is 0 Å². The molecule has 0 spiro atoms. The third kappa shape index (κ3) is 1.67. The summed E-state index contributed by atoms with van der Waals surface area (Å²) >= 11 is 5.78. The first-order chi connectivity index (χ1) is 3.00. The van der Waals surface area contributed by atoms with Crippen LogP contribution in [0.1, 0.15) is 0 Å². The molecule has 1 fully saturated rings. The van der Waals surface area contributed by atoms with Crippen LogP contribution in [0.3, 0.4) is 0 Å². The van der Waals surface area contributed by atoms with Crippen LogP contribution in [-0.4, -0.2) is 10.2 Å². The first-order valence-corrected chi connectivity index (χ1v) is 4.88. The molecule has 0 unspecified atom stereocenters. The predicted octanol–water partition coefficient (Wildman–Crippen LogP) is 2.23. The van der Waals surface area contributed by atoms with Crippen LogP contribution in [0.25, 0.3) is 0 Å². The molecule has 0 saturated carbocycles. The third-order valence-corrected chi connectivity index (χ3v) is 3.95. The third-order valence-electron chi connectivity index (χ3n) is 0.439. The second-order valence-corrected chi connectivity index (χ2v) is 4.60. The molecule has 3 heteroatoms. The average Bonchev–Trinajstić information content (AvgIpc) is 1.72. The molecule has 0 nitrogen and oxygen atoms in total. The van der Waals surface area contributed by atoms with Crippen LogP contribution in [0.4, 0.5) is 0 Å². The van der Waals surface area contributed by atoms with Crippen molar-refractivity contribution in [3.05, 3.63) is 5.08 Å². The summed E-state index contributed by atoms with van der Waals surface area (Å²) < 4.78 is 0. The Balaban J connectivity index is 2.00. The average molecular weight is 137 g/mol. The number of hydrogen-bond donors (Lipinski definition) is 0. The van der Waals surface area contributed by atoms with Crippen LogP contribution in [0.2, 0.25) is 0 Å². The monoisotopic (exact) mass is 137 g/mol. The molecular formula is C3H5S3. The number of thioether (sulfide) groups is 3. The van der Waals surface area contributed by atoms with Crippen molar-refractivity contribution in [2.75, 3.05) is 10.2 Å². The van der Waals surface area contributed by atoms with Gasteiger partial charge in [0.15, 0.2) is 0 Å². The molecule has 0 amide bonds. The van der Waals surface area contributed by atoms with Crippen molar-refractivity contribution in [2.24, 2.45) is 0 Å². The Labute approximate surface area is 50.8 Å². The first-order valence-electron chi connectivity index (χ1n) is 1.63. The lowest BCUT2D eigenvalue weighted by molar-refractivity contribution is 2.12. The summed E-state index contributed by atoms with van der Waals surface area (Å²) in [5, 5.41) is 4.72. The van der Waals surface area contributed by atoms with E-state index in [1.165, 1.54) is 10.2 Å². The molecule has 1 aliphatic rings. The quantitative estimate of drug-likeness (QED) is 0.502. The van der Waals surface area contributed by atoms with Crippen LogP contribution < -0.4 is 0 Å². The van der Waals surface area contributed by atoms with Crippen molar-refractivity contribution >= 4 is 35.3 Å². The molecule has 0 aliphatic carbocycles. The molecule has 1 radical (unpaired) electrons. The van der Waals surface area contributed by atoms with Crippen molar-refractivity contribution in [2.45, 2.75) is 0 Å². The summed E-state index contributed by atoms with van der Waals surface area (Å²) in [6, 6.07) is 0. The largest absolute Gasteiger partial charge is 0.140 e. The second kappa shape index (κ2) is 3.10. The highest BCUT2D eigenvalue weighted by molar-refractivity contribution is 8.33. The molecule has 0 aromatic carbocycles. The highest BCUT2D eigenvalue weighted by Crippen LogP contribution is 2.31. The number of hydrogen-bond acceptors (Lipinski definition) is 3. The van der Waals surface area contributed by atoms with Crippen molar-refractivity contribution in [1.29, 1.82) is 0 Å². The minimum absolute atomic E-state index is 1.26. The molecule has 1 saturated heterocycles. The molecule has 0 bridgehead atoms. The Hall–Kier alpha value is 1.05. The first kappa shape index (κ1) is 5.19. The maximum Gasteiger partial charge on any atom is 0.0729 e. The van der Waals surface area contributed by atoms with E-state index in [-0.39, 0.29) is 0 Å². The fourth-order valence-electron chi connectivity index (χ4n) is 0.234. The molecule has 35 valence electrons. The summed E-state index contributed by atoms with van der Waals surface area (Å²) in [5.41, 5.74) is 0. The van der Waals surface area contributed by atoms with E-state index in [0.717, 1.165) is 0 Å². The van der Waals surface area contributed by atoms with Crippen molar-refractivity contribution in [3.63, 3.8) is 0 Å². The maximum atomic E-state index is 2.20. The lowest BCUT2D eigenvalue weighted by Crippen LogP contribution is -1.77. The van der Waals surface area contributed by atoms with Gasteiger partial charge in [-0.2, -0.15) is 0 Å². The molecule has 0 N–H and O–H groups in total. The van der Waals surface area contributed by atoms with E-state index < -0.39 is 0 Å². The SMILES string of the molecule is [CH]1SCSCS1. The molecular weight excluding hydrogens is 132 g/mol. The second-order valence-electron chi connectivity index (χ2n) is 0.869. The fraction of sp³-hybridized carbons (Fsp3) is 0.667. The Morgan fingerprint density at radius 3 is 2.00 bits per heavy atom. The van der Waals surface area contributed by atoms with Gasteiger partial charge in [-0.1, -0.05) is 0 Å². The molecule has 0 aromatic heterocycles. The standard InChI is InChI=1S/C3H5S3/c1-4-2-6-3-5-1/h1H,2-3H2. The zero-order chi connectivity index (χ0) is 4.24. The van der Waals surface area contributed by atoms with E-state index in [4.69, 9.17) is 0 Å². The Bertz CT molecular complexity index is 21.5. The van der Waals surface area contributed by atoms with Crippen molar-refractivity contribution in [1.82, 2.24) is 0 Å². The number of rotatable bonds is 0. The van der Waals surface area contributed by atoms with Gasteiger partial charge in [-0.3, -0.25) is 0 Å². The van der Waals surface area contributed by atoms with Gasteiger partial charge in [0.05, 0.1) is 5.08 Å². The van der Waals surface area contributed by atoms with E-state index in [9.17, 15) is 0 Å². The highest BCUT2D eigenvalue weighted by atomic mass is 32.3. The van der Waals surface area contributed by atoms with E-state index in [1.807, 2.05) is 35.3 Å². The summed E-state index contributed by atoms with van der Waals surface area (Å²) in [6.07, 6.45) is 0.